The topological polar surface area (TPSA) is 37.3 Å². The Bertz CT molecular complexity index is 201. The van der Waals surface area contributed by atoms with E-state index in [1.54, 1.807) is 6.92 Å². The molecule has 10 heavy (non-hydrogen) atoms. The first-order valence-corrected chi connectivity index (χ1v) is 3.49. The molecule has 0 aromatic rings. The molecule has 1 aliphatic rings. The van der Waals surface area contributed by atoms with Crippen LogP contribution >= 0.6 is 0 Å². The summed E-state index contributed by atoms with van der Waals surface area (Å²) in [5.41, 5.74) is 0.540. The standard InChI is InChI=1S/C8H12O2/c1-4(2)6-7(9)5(3)8(6)10/h4,6,9H,1-3H3. The molecule has 0 saturated heterocycles. The lowest BCUT2D eigenvalue weighted by Gasteiger charge is -2.28. The summed E-state index contributed by atoms with van der Waals surface area (Å²) in [5.74, 6) is 0.420. The second-order valence-electron chi connectivity index (χ2n) is 3.10. The van der Waals surface area contributed by atoms with Gasteiger partial charge >= 0.3 is 0 Å². The minimum absolute atomic E-state index is 0.104. The molecule has 1 atom stereocenters. The molecule has 0 saturated carbocycles. The summed E-state index contributed by atoms with van der Waals surface area (Å²) in [5, 5.41) is 9.18. The van der Waals surface area contributed by atoms with Crippen LogP contribution in [0.4, 0.5) is 0 Å². The van der Waals surface area contributed by atoms with Gasteiger partial charge in [0.15, 0.2) is 5.78 Å². The summed E-state index contributed by atoms with van der Waals surface area (Å²) in [6, 6.07) is 0. The van der Waals surface area contributed by atoms with Gasteiger partial charge in [0, 0.05) is 5.57 Å². The van der Waals surface area contributed by atoms with E-state index in [0.717, 1.165) is 0 Å². The quantitative estimate of drug-likeness (QED) is 0.601. The zero-order valence-corrected chi connectivity index (χ0v) is 6.51. The first kappa shape index (κ1) is 7.32. The molecule has 0 spiro atoms. The molecule has 1 aliphatic carbocycles. The summed E-state index contributed by atoms with van der Waals surface area (Å²) in [6.45, 7) is 5.53. The first-order chi connectivity index (χ1) is 4.55. The summed E-state index contributed by atoms with van der Waals surface area (Å²) in [4.78, 5) is 11.0. The maximum absolute atomic E-state index is 11.0. The highest BCUT2D eigenvalue weighted by Gasteiger charge is 2.38. The fourth-order valence-electron chi connectivity index (χ4n) is 1.26. The average molecular weight is 140 g/mol. The highest BCUT2D eigenvalue weighted by atomic mass is 16.3. The van der Waals surface area contributed by atoms with Crippen molar-refractivity contribution in [3.63, 3.8) is 0 Å². The molecule has 0 aliphatic heterocycles. The minimum Gasteiger partial charge on any atom is -0.511 e. The number of carbonyl (C=O) groups is 1. The van der Waals surface area contributed by atoms with Crippen molar-refractivity contribution in [3.05, 3.63) is 11.3 Å². The summed E-state index contributed by atoms with van der Waals surface area (Å²) in [7, 11) is 0. The zero-order chi connectivity index (χ0) is 7.89. The molecule has 2 nitrogen and oxygen atoms in total. The van der Waals surface area contributed by atoms with Gasteiger partial charge in [0.25, 0.3) is 0 Å². The maximum atomic E-state index is 11.0. The van der Waals surface area contributed by atoms with Crippen molar-refractivity contribution < 1.29 is 9.90 Å². The Hall–Kier alpha value is -0.790. The van der Waals surface area contributed by atoms with Gasteiger partial charge in [-0.1, -0.05) is 13.8 Å². The van der Waals surface area contributed by atoms with Crippen LogP contribution in [0.15, 0.2) is 11.3 Å². The Kier molecular flexibility index (Phi) is 1.55. The summed E-state index contributed by atoms with van der Waals surface area (Å²) < 4.78 is 0. The molecule has 1 unspecified atom stereocenters. The van der Waals surface area contributed by atoms with E-state index in [0.29, 0.717) is 11.3 Å². The molecule has 0 bridgehead atoms. The summed E-state index contributed by atoms with van der Waals surface area (Å²) >= 11 is 0. The monoisotopic (exact) mass is 140 g/mol. The van der Waals surface area contributed by atoms with Crippen LogP contribution in [0.2, 0.25) is 0 Å². The molecule has 0 aromatic carbocycles. The zero-order valence-electron chi connectivity index (χ0n) is 6.51. The molecule has 0 heterocycles. The predicted octanol–water partition coefficient (Wildman–Crippen LogP) is 1.67. The molecule has 0 fully saturated rings. The van der Waals surface area contributed by atoms with Crippen molar-refractivity contribution in [1.82, 2.24) is 0 Å². The average Bonchev–Trinajstić information content (AvgIpc) is 1.87. The second-order valence-corrected chi connectivity index (χ2v) is 3.10. The molecule has 0 aromatic heterocycles. The molecule has 2 heteroatoms. The van der Waals surface area contributed by atoms with Crippen LogP contribution in [-0.4, -0.2) is 10.9 Å². The van der Waals surface area contributed by atoms with Crippen LogP contribution in [0.25, 0.3) is 0 Å². The van der Waals surface area contributed by atoms with Gasteiger partial charge in [-0.3, -0.25) is 4.79 Å². The fourth-order valence-corrected chi connectivity index (χ4v) is 1.26. The molecule has 1 rings (SSSR count). The summed E-state index contributed by atoms with van der Waals surface area (Å²) in [6.07, 6.45) is 0. The molecule has 0 amide bonds. The number of rotatable bonds is 1. The lowest BCUT2D eigenvalue weighted by atomic mass is 9.76. The van der Waals surface area contributed by atoms with E-state index >= 15 is 0 Å². The number of Topliss-reactive ketones (excluding diaryl/α,β-unsaturated/α-hetero) is 1. The third-order valence-electron chi connectivity index (χ3n) is 2.00. The Morgan fingerprint density at radius 2 is 2.00 bits per heavy atom. The fraction of sp³-hybridized carbons (Fsp3) is 0.625. The van der Waals surface area contributed by atoms with Gasteiger partial charge in [-0.25, -0.2) is 0 Å². The normalized spacial score (nSPS) is 25.6. The smallest absolute Gasteiger partial charge is 0.172 e. The predicted molar refractivity (Wildman–Crippen MR) is 38.7 cm³/mol. The lowest BCUT2D eigenvalue weighted by Crippen LogP contribution is -2.33. The minimum atomic E-state index is -0.208. The van der Waals surface area contributed by atoms with Crippen LogP contribution in [0.3, 0.4) is 0 Å². The molecular formula is C8H12O2. The van der Waals surface area contributed by atoms with Crippen molar-refractivity contribution in [2.45, 2.75) is 20.8 Å². The van der Waals surface area contributed by atoms with Gasteiger partial charge in [0.1, 0.15) is 5.76 Å². The lowest BCUT2D eigenvalue weighted by molar-refractivity contribution is -0.123. The van der Waals surface area contributed by atoms with E-state index < -0.39 is 0 Å². The number of allylic oxidation sites excluding steroid dienone is 2. The first-order valence-electron chi connectivity index (χ1n) is 3.49. The van der Waals surface area contributed by atoms with E-state index in [-0.39, 0.29) is 17.6 Å². The van der Waals surface area contributed by atoms with Gasteiger partial charge in [-0.05, 0) is 12.8 Å². The van der Waals surface area contributed by atoms with Crippen LogP contribution in [-0.2, 0) is 4.79 Å². The Morgan fingerprint density at radius 3 is 2.20 bits per heavy atom. The van der Waals surface area contributed by atoms with E-state index in [9.17, 15) is 9.90 Å². The number of hydrogen-bond acceptors (Lipinski definition) is 2. The number of aliphatic hydroxyl groups is 1. The largest absolute Gasteiger partial charge is 0.511 e. The second kappa shape index (κ2) is 2.11. The van der Waals surface area contributed by atoms with Crippen molar-refractivity contribution in [3.8, 4) is 0 Å². The highest BCUT2D eigenvalue weighted by Crippen LogP contribution is 2.33. The van der Waals surface area contributed by atoms with E-state index in [2.05, 4.69) is 0 Å². The van der Waals surface area contributed by atoms with Gasteiger partial charge in [0.05, 0.1) is 5.92 Å². The van der Waals surface area contributed by atoms with Crippen LogP contribution < -0.4 is 0 Å². The van der Waals surface area contributed by atoms with E-state index in [1.807, 2.05) is 13.8 Å². The van der Waals surface area contributed by atoms with Gasteiger partial charge in [-0.15, -0.1) is 0 Å². The third kappa shape index (κ3) is 0.753. The Labute approximate surface area is 60.6 Å². The van der Waals surface area contributed by atoms with Crippen molar-refractivity contribution in [2.75, 3.05) is 0 Å². The molecular weight excluding hydrogens is 128 g/mol. The van der Waals surface area contributed by atoms with E-state index in [4.69, 9.17) is 0 Å². The van der Waals surface area contributed by atoms with Crippen molar-refractivity contribution in [1.29, 1.82) is 0 Å². The van der Waals surface area contributed by atoms with Gasteiger partial charge in [0.2, 0.25) is 0 Å². The van der Waals surface area contributed by atoms with Gasteiger partial charge < -0.3 is 5.11 Å². The maximum Gasteiger partial charge on any atom is 0.172 e. The van der Waals surface area contributed by atoms with E-state index in [1.165, 1.54) is 0 Å². The SMILES string of the molecule is CC1=C(O)C(C(C)C)C1=O. The van der Waals surface area contributed by atoms with Crippen molar-refractivity contribution >= 4 is 5.78 Å². The van der Waals surface area contributed by atoms with Crippen molar-refractivity contribution in [2.24, 2.45) is 11.8 Å². The highest BCUT2D eigenvalue weighted by molar-refractivity contribution is 6.05. The van der Waals surface area contributed by atoms with Crippen LogP contribution in [0.1, 0.15) is 20.8 Å². The van der Waals surface area contributed by atoms with Crippen LogP contribution in [0, 0.1) is 11.8 Å². The number of aliphatic hydroxyl groups excluding tert-OH is 1. The molecule has 1 N–H and O–H groups in total. The van der Waals surface area contributed by atoms with Crippen LogP contribution in [0.5, 0.6) is 0 Å². The molecule has 56 valence electrons. The Balaban J connectivity index is 2.81. The number of ketones is 1. The third-order valence-corrected chi connectivity index (χ3v) is 2.00. The Morgan fingerprint density at radius 1 is 1.50 bits per heavy atom. The molecule has 0 radical (unpaired) electrons. The number of hydrogen-bond donors (Lipinski definition) is 1. The number of carbonyl (C=O) groups excluding carboxylic acids is 1. The van der Waals surface area contributed by atoms with Gasteiger partial charge in [-0.2, -0.15) is 0 Å².